The van der Waals surface area contributed by atoms with Crippen molar-refractivity contribution in [3.63, 3.8) is 0 Å². The Bertz CT molecular complexity index is 351. The van der Waals surface area contributed by atoms with Crippen molar-refractivity contribution in [2.24, 2.45) is 0 Å². The Morgan fingerprint density at radius 1 is 0.478 bits per heavy atom. The van der Waals surface area contributed by atoms with E-state index in [9.17, 15) is 0 Å². The highest BCUT2D eigenvalue weighted by Crippen LogP contribution is 2.39. The molecule has 0 spiro atoms. The summed E-state index contributed by atoms with van der Waals surface area (Å²) in [5.41, 5.74) is -0.887. The summed E-state index contributed by atoms with van der Waals surface area (Å²) >= 11 is 0. The van der Waals surface area contributed by atoms with Crippen LogP contribution >= 0.6 is 0 Å². The van der Waals surface area contributed by atoms with Crippen LogP contribution in [0.3, 0.4) is 0 Å². The zero-order valence-corrected chi connectivity index (χ0v) is 16.3. The van der Waals surface area contributed by atoms with Gasteiger partial charge in [0, 0.05) is 0 Å². The Hall–Kier alpha value is -0.0301. The molecular weight excluding hydrogens is 290 g/mol. The van der Waals surface area contributed by atoms with Gasteiger partial charge in [0.2, 0.25) is 0 Å². The van der Waals surface area contributed by atoms with Crippen molar-refractivity contribution in [3.05, 3.63) is 0 Å². The molecule has 6 heteroatoms. The van der Waals surface area contributed by atoms with Crippen LogP contribution < -0.4 is 0 Å². The van der Waals surface area contributed by atoms with Gasteiger partial charge >= 0.3 is 14.2 Å². The lowest BCUT2D eigenvalue weighted by molar-refractivity contribution is 0.00578. The van der Waals surface area contributed by atoms with E-state index in [-0.39, 0.29) is 36.6 Å². The lowest BCUT2D eigenvalue weighted by atomic mass is 9.79. The Kier molecular flexibility index (Phi) is 5.34. The maximum absolute atomic E-state index is 6.03. The van der Waals surface area contributed by atoms with Crippen molar-refractivity contribution in [2.75, 3.05) is 0 Å². The molecule has 2 aliphatic heterocycles. The molecule has 23 heavy (non-hydrogen) atoms. The van der Waals surface area contributed by atoms with E-state index in [2.05, 4.69) is 55.4 Å². The first-order valence-electron chi connectivity index (χ1n) is 9.08. The predicted molar refractivity (Wildman–Crippen MR) is 95.6 cm³/mol. The summed E-state index contributed by atoms with van der Waals surface area (Å²) in [6.07, 6.45) is 5.27. The first-order chi connectivity index (χ1) is 10.4. The molecule has 2 saturated heterocycles. The summed E-state index contributed by atoms with van der Waals surface area (Å²) in [6, 6.07) is 0. The molecule has 0 aromatic carbocycles. The molecule has 2 aliphatic rings. The van der Waals surface area contributed by atoms with Gasteiger partial charge in [-0.1, -0.05) is 19.3 Å². The molecule has 2 fully saturated rings. The van der Waals surface area contributed by atoms with Crippen molar-refractivity contribution in [2.45, 2.75) is 110 Å². The molecule has 0 atom stereocenters. The van der Waals surface area contributed by atoms with E-state index in [0.29, 0.717) is 0 Å². The van der Waals surface area contributed by atoms with Crippen LogP contribution in [0, 0.1) is 0 Å². The minimum absolute atomic E-state index is 0.0724. The van der Waals surface area contributed by atoms with Crippen LogP contribution in [-0.2, 0) is 18.6 Å². The Morgan fingerprint density at radius 3 is 1.00 bits per heavy atom. The van der Waals surface area contributed by atoms with Crippen LogP contribution in [0.1, 0.15) is 74.7 Å². The fraction of sp³-hybridized carbons (Fsp3) is 1.00. The third-order valence-corrected chi connectivity index (χ3v) is 5.98. The lowest BCUT2D eigenvalue weighted by Gasteiger charge is -2.32. The zero-order chi connectivity index (χ0) is 17.5. The van der Waals surface area contributed by atoms with Gasteiger partial charge in [0.05, 0.1) is 22.4 Å². The topological polar surface area (TPSA) is 36.9 Å². The molecule has 132 valence electrons. The average molecular weight is 324 g/mol. The van der Waals surface area contributed by atoms with Crippen molar-refractivity contribution < 1.29 is 18.6 Å². The molecule has 0 aliphatic carbocycles. The van der Waals surface area contributed by atoms with E-state index in [4.69, 9.17) is 18.6 Å². The quantitative estimate of drug-likeness (QED) is 0.538. The van der Waals surface area contributed by atoms with Crippen molar-refractivity contribution in [1.82, 2.24) is 0 Å². The summed E-state index contributed by atoms with van der Waals surface area (Å²) in [6.45, 7) is 16.8. The van der Waals surface area contributed by atoms with E-state index in [1.807, 2.05) is 0 Å². The van der Waals surface area contributed by atoms with Gasteiger partial charge in [-0.25, -0.2) is 0 Å². The maximum Gasteiger partial charge on any atom is 0.457 e. The van der Waals surface area contributed by atoms with E-state index in [1.165, 1.54) is 0 Å². The number of hydrogen-bond acceptors (Lipinski definition) is 4. The minimum Gasteiger partial charge on any atom is -0.403 e. The number of hydrogen-bond donors (Lipinski definition) is 0. The van der Waals surface area contributed by atoms with Gasteiger partial charge in [0.25, 0.3) is 0 Å². The highest BCUT2D eigenvalue weighted by atomic mass is 16.7. The molecule has 0 saturated carbocycles. The van der Waals surface area contributed by atoms with Gasteiger partial charge in [-0.15, -0.1) is 0 Å². The molecule has 0 N–H and O–H groups in total. The van der Waals surface area contributed by atoms with Gasteiger partial charge in [-0.3, -0.25) is 0 Å². The summed E-state index contributed by atoms with van der Waals surface area (Å²) < 4.78 is 24.1. The van der Waals surface area contributed by atoms with Crippen molar-refractivity contribution in [3.8, 4) is 0 Å². The molecule has 0 amide bonds. The van der Waals surface area contributed by atoms with Crippen molar-refractivity contribution in [1.29, 1.82) is 0 Å². The van der Waals surface area contributed by atoms with Gasteiger partial charge in [0.1, 0.15) is 0 Å². The second kappa shape index (κ2) is 6.36. The molecule has 0 unspecified atom stereocenters. The summed E-state index contributed by atoms with van der Waals surface area (Å²) in [5.74, 6) is 0. The first kappa shape index (κ1) is 19.3. The lowest BCUT2D eigenvalue weighted by Crippen LogP contribution is -2.41. The average Bonchev–Trinajstić information content (AvgIpc) is 2.67. The van der Waals surface area contributed by atoms with Gasteiger partial charge in [-0.2, -0.15) is 0 Å². The third kappa shape index (κ3) is 4.15. The third-order valence-electron chi connectivity index (χ3n) is 5.98. The highest BCUT2D eigenvalue weighted by Gasteiger charge is 2.51. The molecule has 2 rings (SSSR count). The predicted octanol–water partition coefficient (Wildman–Crippen LogP) is 4.34. The first-order valence-corrected chi connectivity index (χ1v) is 9.08. The maximum atomic E-state index is 6.03. The minimum atomic E-state index is -0.222. The van der Waals surface area contributed by atoms with Crippen LogP contribution in [0.2, 0.25) is 12.6 Å². The van der Waals surface area contributed by atoms with E-state index in [0.717, 1.165) is 31.9 Å². The van der Waals surface area contributed by atoms with Crippen molar-refractivity contribution >= 4 is 14.2 Å². The molecule has 0 aromatic rings. The Labute approximate surface area is 143 Å². The van der Waals surface area contributed by atoms with Gasteiger partial charge in [-0.05, 0) is 68.0 Å². The van der Waals surface area contributed by atoms with Crippen LogP contribution in [0.15, 0.2) is 0 Å². The normalized spacial score (nSPS) is 27.7. The fourth-order valence-electron chi connectivity index (χ4n) is 2.96. The molecule has 0 bridgehead atoms. The monoisotopic (exact) mass is 324 g/mol. The van der Waals surface area contributed by atoms with Gasteiger partial charge < -0.3 is 18.6 Å². The molecule has 4 nitrogen and oxygen atoms in total. The summed E-state index contributed by atoms with van der Waals surface area (Å²) in [4.78, 5) is 0. The second-order valence-electron chi connectivity index (χ2n) is 9.01. The molecule has 0 radical (unpaired) electrons. The fourth-order valence-corrected chi connectivity index (χ4v) is 2.96. The van der Waals surface area contributed by atoms with E-state index < -0.39 is 0 Å². The second-order valence-corrected chi connectivity index (χ2v) is 9.01. The Morgan fingerprint density at radius 2 is 0.739 bits per heavy atom. The van der Waals surface area contributed by atoms with Crippen LogP contribution in [-0.4, -0.2) is 36.6 Å². The molecular formula is C17H34B2O4. The zero-order valence-electron chi connectivity index (χ0n) is 16.3. The van der Waals surface area contributed by atoms with Crippen LogP contribution in [0.4, 0.5) is 0 Å². The largest absolute Gasteiger partial charge is 0.457 e. The number of rotatable bonds is 6. The van der Waals surface area contributed by atoms with E-state index in [1.54, 1.807) is 0 Å². The standard InChI is InChI=1S/C17H34B2O4/c1-14(2)15(3,4)21-18(20-14)12-10-9-11-13-19-22-16(5,6)17(7,8)23-19/h9-13H2,1-8H3. The molecule has 0 aromatic heterocycles. The summed E-state index contributed by atoms with van der Waals surface area (Å²) in [5, 5.41) is 0. The van der Waals surface area contributed by atoms with E-state index >= 15 is 0 Å². The smallest absolute Gasteiger partial charge is 0.403 e. The van der Waals surface area contributed by atoms with Crippen LogP contribution in [0.5, 0.6) is 0 Å². The Balaban J connectivity index is 1.63. The summed E-state index contributed by atoms with van der Waals surface area (Å²) in [7, 11) is -0.145. The SMILES string of the molecule is CC1(C)OB(CCCCCB2OC(C)(C)C(C)(C)O2)OC1(C)C. The number of unbranched alkanes of at least 4 members (excludes halogenated alkanes) is 2. The van der Waals surface area contributed by atoms with Gasteiger partial charge in [0.15, 0.2) is 0 Å². The highest BCUT2D eigenvalue weighted by molar-refractivity contribution is 6.45. The van der Waals surface area contributed by atoms with Crippen LogP contribution in [0.25, 0.3) is 0 Å². The molecule has 2 heterocycles.